The molecule has 0 saturated heterocycles. The molecule has 0 aliphatic rings. The molecule has 4 nitrogen and oxygen atoms in total. The predicted octanol–water partition coefficient (Wildman–Crippen LogP) is 0.560. The van der Waals surface area contributed by atoms with Gasteiger partial charge in [-0.3, -0.25) is 0 Å². The molecule has 0 aliphatic heterocycles. The van der Waals surface area contributed by atoms with E-state index in [9.17, 15) is 8.42 Å². The highest BCUT2D eigenvalue weighted by Crippen LogP contribution is 2.00. The third-order valence-corrected chi connectivity index (χ3v) is 3.88. The molecule has 0 heterocycles. The number of hydrogen-bond acceptors (Lipinski definition) is 3. The highest BCUT2D eigenvalue weighted by molar-refractivity contribution is 7.90. The smallest absolute Gasteiger partial charge is 0.215 e. The molecule has 0 aromatic heterocycles. The zero-order valence-corrected chi connectivity index (χ0v) is 10.3. The van der Waals surface area contributed by atoms with Gasteiger partial charge < -0.3 is 5.32 Å². The SMILES string of the molecule is CNCC(C)S(=O)(=O)NCCC(C)C. The molecule has 0 rings (SSSR count). The second-order valence-corrected chi connectivity index (χ2v) is 6.17. The van der Waals surface area contributed by atoms with E-state index in [4.69, 9.17) is 0 Å². The van der Waals surface area contributed by atoms with Gasteiger partial charge in [0.25, 0.3) is 0 Å². The minimum Gasteiger partial charge on any atom is -0.318 e. The van der Waals surface area contributed by atoms with Crippen molar-refractivity contribution in [3.63, 3.8) is 0 Å². The Bertz CT molecular complexity index is 237. The van der Waals surface area contributed by atoms with E-state index in [0.717, 1.165) is 6.42 Å². The number of sulfonamides is 1. The standard InChI is InChI=1S/C9H22N2O2S/c1-8(2)5-6-11-14(12,13)9(3)7-10-4/h8-11H,5-7H2,1-4H3. The molecule has 0 bridgehead atoms. The summed E-state index contributed by atoms with van der Waals surface area (Å²) in [5.41, 5.74) is 0. The maximum absolute atomic E-state index is 11.6. The van der Waals surface area contributed by atoms with E-state index in [-0.39, 0.29) is 5.25 Å². The zero-order valence-electron chi connectivity index (χ0n) is 9.50. The van der Waals surface area contributed by atoms with Gasteiger partial charge in [-0.15, -0.1) is 0 Å². The highest BCUT2D eigenvalue weighted by Gasteiger charge is 2.18. The summed E-state index contributed by atoms with van der Waals surface area (Å²) in [5.74, 6) is 0.525. The zero-order chi connectivity index (χ0) is 11.2. The van der Waals surface area contributed by atoms with Crippen molar-refractivity contribution in [1.29, 1.82) is 0 Å². The van der Waals surface area contributed by atoms with Gasteiger partial charge in [0.2, 0.25) is 10.0 Å². The Morgan fingerprint density at radius 1 is 1.21 bits per heavy atom. The Labute approximate surface area is 87.5 Å². The maximum atomic E-state index is 11.6. The molecule has 5 heteroatoms. The molecular formula is C9H22N2O2S. The van der Waals surface area contributed by atoms with E-state index in [2.05, 4.69) is 23.9 Å². The third kappa shape index (κ3) is 5.57. The molecule has 0 fully saturated rings. The van der Waals surface area contributed by atoms with Crippen LogP contribution in [0.3, 0.4) is 0 Å². The topological polar surface area (TPSA) is 58.2 Å². The fraction of sp³-hybridized carbons (Fsp3) is 1.00. The molecule has 1 atom stereocenters. The van der Waals surface area contributed by atoms with Crippen LogP contribution in [0.2, 0.25) is 0 Å². The van der Waals surface area contributed by atoms with Crippen molar-refractivity contribution in [3.8, 4) is 0 Å². The minimum atomic E-state index is -3.13. The summed E-state index contributed by atoms with van der Waals surface area (Å²) >= 11 is 0. The molecule has 0 amide bonds. The van der Waals surface area contributed by atoms with Gasteiger partial charge >= 0.3 is 0 Å². The van der Waals surface area contributed by atoms with Crippen LogP contribution < -0.4 is 10.0 Å². The summed E-state index contributed by atoms with van der Waals surface area (Å²) in [5, 5.41) is 2.48. The van der Waals surface area contributed by atoms with Crippen molar-refractivity contribution in [3.05, 3.63) is 0 Å². The lowest BCUT2D eigenvalue weighted by molar-refractivity contribution is 0.541. The fourth-order valence-electron chi connectivity index (χ4n) is 1.03. The molecule has 1 unspecified atom stereocenters. The molecule has 86 valence electrons. The molecule has 14 heavy (non-hydrogen) atoms. The lowest BCUT2D eigenvalue weighted by Crippen LogP contribution is -2.38. The van der Waals surface area contributed by atoms with E-state index in [1.807, 2.05) is 0 Å². The molecule has 0 radical (unpaired) electrons. The number of rotatable bonds is 7. The van der Waals surface area contributed by atoms with Crippen LogP contribution in [-0.4, -0.2) is 33.8 Å². The first-order valence-electron chi connectivity index (χ1n) is 5.03. The molecule has 2 N–H and O–H groups in total. The lowest BCUT2D eigenvalue weighted by Gasteiger charge is -2.13. The summed E-state index contributed by atoms with van der Waals surface area (Å²) in [6, 6.07) is 0. The van der Waals surface area contributed by atoms with E-state index >= 15 is 0 Å². The van der Waals surface area contributed by atoms with Gasteiger partial charge in [-0.1, -0.05) is 13.8 Å². The van der Waals surface area contributed by atoms with Crippen molar-refractivity contribution in [1.82, 2.24) is 10.0 Å². The monoisotopic (exact) mass is 222 g/mol. The van der Waals surface area contributed by atoms with Gasteiger partial charge in [0.05, 0.1) is 5.25 Å². The number of hydrogen-bond donors (Lipinski definition) is 2. The first kappa shape index (κ1) is 13.9. The van der Waals surface area contributed by atoms with Crippen molar-refractivity contribution >= 4 is 10.0 Å². The Morgan fingerprint density at radius 2 is 1.79 bits per heavy atom. The minimum absolute atomic E-state index is 0.375. The van der Waals surface area contributed by atoms with E-state index in [1.165, 1.54) is 0 Å². The summed E-state index contributed by atoms with van der Waals surface area (Å²) < 4.78 is 25.7. The first-order valence-corrected chi connectivity index (χ1v) is 6.58. The first-order chi connectivity index (χ1) is 6.40. The van der Waals surface area contributed by atoms with Crippen LogP contribution in [0.4, 0.5) is 0 Å². The van der Waals surface area contributed by atoms with Gasteiger partial charge in [0.1, 0.15) is 0 Å². The highest BCUT2D eigenvalue weighted by atomic mass is 32.2. The van der Waals surface area contributed by atoms with Crippen LogP contribution in [0, 0.1) is 5.92 Å². The molecule has 0 aromatic rings. The molecule has 0 aromatic carbocycles. The normalized spacial score (nSPS) is 14.6. The largest absolute Gasteiger partial charge is 0.318 e. The van der Waals surface area contributed by atoms with E-state index in [0.29, 0.717) is 19.0 Å². The van der Waals surface area contributed by atoms with Crippen LogP contribution in [-0.2, 0) is 10.0 Å². The summed E-state index contributed by atoms with van der Waals surface area (Å²) in [4.78, 5) is 0. The van der Waals surface area contributed by atoms with Crippen LogP contribution in [0.25, 0.3) is 0 Å². The van der Waals surface area contributed by atoms with Crippen LogP contribution in [0.1, 0.15) is 27.2 Å². The van der Waals surface area contributed by atoms with E-state index in [1.54, 1.807) is 14.0 Å². The molecule has 0 aliphatic carbocycles. The van der Waals surface area contributed by atoms with Crippen LogP contribution in [0.5, 0.6) is 0 Å². The van der Waals surface area contributed by atoms with Crippen molar-refractivity contribution in [2.45, 2.75) is 32.4 Å². The van der Waals surface area contributed by atoms with Crippen molar-refractivity contribution < 1.29 is 8.42 Å². The third-order valence-electron chi connectivity index (χ3n) is 2.05. The Morgan fingerprint density at radius 3 is 2.21 bits per heavy atom. The molecular weight excluding hydrogens is 200 g/mol. The van der Waals surface area contributed by atoms with Crippen molar-refractivity contribution in [2.75, 3.05) is 20.1 Å². The van der Waals surface area contributed by atoms with Gasteiger partial charge in [-0.2, -0.15) is 0 Å². The van der Waals surface area contributed by atoms with E-state index < -0.39 is 10.0 Å². The quantitative estimate of drug-likeness (QED) is 0.662. The molecule has 0 saturated carbocycles. The maximum Gasteiger partial charge on any atom is 0.215 e. The predicted molar refractivity (Wildman–Crippen MR) is 59.8 cm³/mol. The Kier molecular flexibility index (Phi) is 6.31. The average Bonchev–Trinajstić information content (AvgIpc) is 2.03. The summed E-state index contributed by atoms with van der Waals surface area (Å²) in [6.45, 7) is 6.87. The fourth-order valence-corrected chi connectivity index (χ4v) is 2.10. The van der Waals surface area contributed by atoms with Gasteiger partial charge in [-0.25, -0.2) is 13.1 Å². The number of nitrogens with one attached hydrogen (secondary N) is 2. The van der Waals surface area contributed by atoms with Crippen LogP contribution in [0.15, 0.2) is 0 Å². The summed E-state index contributed by atoms with van der Waals surface area (Å²) in [6.07, 6.45) is 0.880. The average molecular weight is 222 g/mol. The van der Waals surface area contributed by atoms with Crippen LogP contribution >= 0.6 is 0 Å². The Hall–Kier alpha value is -0.130. The van der Waals surface area contributed by atoms with Gasteiger partial charge in [-0.05, 0) is 26.3 Å². The molecule has 0 spiro atoms. The van der Waals surface area contributed by atoms with Crippen molar-refractivity contribution in [2.24, 2.45) is 5.92 Å². The van der Waals surface area contributed by atoms with Gasteiger partial charge in [0.15, 0.2) is 0 Å². The second kappa shape index (κ2) is 6.37. The van der Waals surface area contributed by atoms with Gasteiger partial charge in [0, 0.05) is 13.1 Å². The lowest BCUT2D eigenvalue weighted by atomic mass is 10.1. The Balaban J connectivity index is 3.95. The summed E-state index contributed by atoms with van der Waals surface area (Å²) in [7, 11) is -1.38. The second-order valence-electron chi connectivity index (χ2n) is 3.99.